The van der Waals surface area contributed by atoms with E-state index in [1.807, 2.05) is 31.2 Å². The van der Waals surface area contributed by atoms with E-state index in [4.69, 9.17) is 4.74 Å². The minimum atomic E-state index is 0. The van der Waals surface area contributed by atoms with Gasteiger partial charge in [-0.3, -0.25) is 0 Å². The van der Waals surface area contributed by atoms with Gasteiger partial charge in [0.2, 0.25) is 0 Å². The summed E-state index contributed by atoms with van der Waals surface area (Å²) in [5.41, 5.74) is 0.948. The summed E-state index contributed by atoms with van der Waals surface area (Å²) in [7, 11) is 0. The van der Waals surface area contributed by atoms with Gasteiger partial charge >= 0.3 is 23.1 Å². The summed E-state index contributed by atoms with van der Waals surface area (Å²) in [6.07, 6.45) is 0. The van der Waals surface area contributed by atoms with E-state index < -0.39 is 0 Å². The zero-order valence-corrected chi connectivity index (χ0v) is 10.8. The second-order valence-corrected chi connectivity index (χ2v) is 2.04. The molecule has 0 saturated heterocycles. The molecule has 1 rings (SSSR count). The molecule has 0 fully saturated rings. The average molecular weight is 286 g/mol. The first-order valence-corrected chi connectivity index (χ1v) is 3.38. The van der Waals surface area contributed by atoms with Crippen LogP contribution in [0.3, 0.4) is 0 Å². The molecule has 0 N–H and O–H groups in total. The van der Waals surface area contributed by atoms with Crippen LogP contribution in [0.5, 0.6) is 5.75 Å². The summed E-state index contributed by atoms with van der Waals surface area (Å²) in [6.45, 7) is 6.48. The molecule has 1 nitrogen and oxygen atoms in total. The quantitative estimate of drug-likeness (QED) is 0.381. The van der Waals surface area contributed by atoms with Crippen LogP contribution >= 0.6 is 0 Å². The van der Waals surface area contributed by atoms with Crippen LogP contribution in [0.2, 0.25) is 0 Å². The Balaban J connectivity index is 0. The van der Waals surface area contributed by atoms with Crippen LogP contribution in [-0.2, 0) is 0 Å². The topological polar surface area (TPSA) is 9.23 Å². The van der Waals surface area contributed by atoms with Gasteiger partial charge in [-0.2, -0.15) is 18.6 Å². The van der Waals surface area contributed by atoms with Crippen LogP contribution in [-0.4, -0.2) is 29.7 Å². The third kappa shape index (κ3) is 4.42. The van der Waals surface area contributed by atoms with Crippen molar-refractivity contribution in [3.8, 4) is 5.75 Å². The van der Waals surface area contributed by atoms with Gasteiger partial charge in [0, 0.05) is 5.75 Å². The molecule has 0 radical (unpaired) electrons. The Morgan fingerprint density at radius 3 is 2.42 bits per heavy atom. The van der Waals surface area contributed by atoms with Crippen molar-refractivity contribution in [2.45, 2.75) is 6.92 Å². The molecule has 0 aliphatic carbocycles. The second-order valence-electron chi connectivity index (χ2n) is 2.04. The Morgan fingerprint density at radius 2 is 1.92 bits per heavy atom. The van der Waals surface area contributed by atoms with Crippen LogP contribution in [0.15, 0.2) is 24.3 Å². The zero-order chi connectivity index (χ0) is 7.40. The summed E-state index contributed by atoms with van der Waals surface area (Å²) in [4.78, 5) is 0. The number of benzene rings is 1. The summed E-state index contributed by atoms with van der Waals surface area (Å²) < 4.78 is 5.27. The van der Waals surface area contributed by atoms with E-state index in [0.717, 1.165) is 11.3 Å². The fourth-order valence-electron chi connectivity index (χ4n) is 0.800. The molecule has 0 aromatic heterocycles. The molecule has 0 saturated carbocycles. The van der Waals surface area contributed by atoms with Gasteiger partial charge in [-0.05, 0) is 6.92 Å². The molecule has 0 spiro atoms. The molecule has 0 aliphatic heterocycles. The van der Waals surface area contributed by atoms with Gasteiger partial charge in [0.25, 0.3) is 0 Å². The van der Waals surface area contributed by atoms with Gasteiger partial charge in [0.1, 0.15) is 0 Å². The minimum absolute atomic E-state index is 0. The number of ether oxygens (including phenoxy) is 1. The van der Waals surface area contributed by atoms with Gasteiger partial charge in [0.05, 0.1) is 6.61 Å². The summed E-state index contributed by atoms with van der Waals surface area (Å²) in [5.74, 6) is 0.880. The van der Waals surface area contributed by atoms with Gasteiger partial charge in [-0.25, -0.2) is 0 Å². The number of halogens is 1. The van der Waals surface area contributed by atoms with E-state index in [9.17, 15) is 0 Å². The first kappa shape index (κ1) is 14.9. The largest absolute Gasteiger partial charge is 2.00 e. The van der Waals surface area contributed by atoms with Crippen LogP contribution in [0.25, 0.3) is 0 Å². The summed E-state index contributed by atoms with van der Waals surface area (Å²) in [6, 6.07) is 7.75. The molecule has 1 aromatic rings. The Hall–Kier alpha value is 0.386. The number of hydrogen-bond donors (Lipinski definition) is 0. The molecule has 0 heterocycles. The van der Waals surface area contributed by atoms with Crippen molar-refractivity contribution in [3.63, 3.8) is 0 Å². The van der Waals surface area contributed by atoms with Crippen molar-refractivity contribution in [2.24, 2.45) is 0 Å². The third-order valence-corrected chi connectivity index (χ3v) is 1.27. The van der Waals surface area contributed by atoms with E-state index in [2.05, 4.69) is 6.92 Å². The van der Waals surface area contributed by atoms with Gasteiger partial charge in [-0.15, -0.1) is 6.07 Å². The fourth-order valence-corrected chi connectivity index (χ4v) is 0.800. The normalized spacial score (nSPS) is 7.75. The Labute approximate surface area is 107 Å². The van der Waals surface area contributed by atoms with Gasteiger partial charge in [0.15, 0.2) is 0 Å². The molecule has 62 valence electrons. The molecule has 0 bridgehead atoms. The molecular weight excluding hydrogens is 275 g/mol. The summed E-state index contributed by atoms with van der Waals surface area (Å²) >= 11 is 0. The molecule has 0 atom stereocenters. The SMILES string of the molecule is [CH2-]c1ccccc1OCC.[I-].[Mg+2]. The molecule has 1 aromatic carbocycles. The predicted molar refractivity (Wildman–Crippen MR) is 47.8 cm³/mol. The van der Waals surface area contributed by atoms with Crippen molar-refractivity contribution in [3.05, 3.63) is 36.8 Å². The first-order chi connectivity index (χ1) is 4.84. The van der Waals surface area contributed by atoms with Crippen molar-refractivity contribution in [1.82, 2.24) is 0 Å². The molecule has 12 heavy (non-hydrogen) atoms. The Bertz CT molecular complexity index is 215. The monoisotopic (exact) mass is 286 g/mol. The maximum Gasteiger partial charge on any atom is 2.00 e. The number of hydrogen-bond acceptors (Lipinski definition) is 1. The van der Waals surface area contributed by atoms with Crippen LogP contribution < -0.4 is 28.7 Å². The third-order valence-electron chi connectivity index (χ3n) is 1.27. The summed E-state index contributed by atoms with van der Waals surface area (Å²) in [5, 5.41) is 0. The van der Waals surface area contributed by atoms with Crippen LogP contribution in [0.1, 0.15) is 12.5 Å². The smallest absolute Gasteiger partial charge is 1.00 e. The van der Waals surface area contributed by atoms with E-state index in [1.165, 1.54) is 0 Å². The van der Waals surface area contributed by atoms with Gasteiger partial charge in [-0.1, -0.05) is 12.1 Å². The Kier molecular flexibility index (Phi) is 9.93. The average Bonchev–Trinajstić information content (AvgIpc) is 1.94. The van der Waals surface area contributed by atoms with Crippen molar-refractivity contribution in [2.75, 3.05) is 6.61 Å². The Morgan fingerprint density at radius 1 is 1.33 bits per heavy atom. The van der Waals surface area contributed by atoms with Crippen LogP contribution in [0.4, 0.5) is 0 Å². The first-order valence-electron chi connectivity index (χ1n) is 3.38. The van der Waals surface area contributed by atoms with E-state index in [1.54, 1.807) is 0 Å². The van der Waals surface area contributed by atoms with E-state index in [0.29, 0.717) is 6.61 Å². The minimum Gasteiger partial charge on any atom is -1.00 e. The van der Waals surface area contributed by atoms with Crippen molar-refractivity contribution in [1.29, 1.82) is 0 Å². The second kappa shape index (κ2) is 8.01. The molecule has 0 aliphatic rings. The van der Waals surface area contributed by atoms with Crippen molar-refractivity contribution < 1.29 is 28.7 Å². The predicted octanol–water partition coefficient (Wildman–Crippen LogP) is -1.11. The molecule has 3 heteroatoms. The van der Waals surface area contributed by atoms with Crippen molar-refractivity contribution >= 4 is 23.1 Å². The maximum absolute atomic E-state index is 5.27. The number of rotatable bonds is 2. The van der Waals surface area contributed by atoms with Crippen LogP contribution in [0, 0.1) is 6.92 Å². The van der Waals surface area contributed by atoms with E-state index >= 15 is 0 Å². The molecule has 0 unspecified atom stereocenters. The van der Waals surface area contributed by atoms with Gasteiger partial charge < -0.3 is 28.7 Å². The number of para-hydroxylation sites is 1. The fraction of sp³-hybridized carbons (Fsp3) is 0.222. The molecular formula is C9H11IMgO. The zero-order valence-electron chi connectivity index (χ0n) is 7.22. The molecule has 0 amide bonds. The maximum atomic E-state index is 5.27. The standard InChI is InChI=1S/C9H11O.HI.Mg/c1-3-10-9-7-5-4-6-8(9)2;;/h4-7H,2-3H2,1H3;1H;/q-1;;+2/p-1. The van der Waals surface area contributed by atoms with E-state index in [-0.39, 0.29) is 47.0 Å².